The van der Waals surface area contributed by atoms with Crippen molar-refractivity contribution in [1.82, 2.24) is 35.1 Å². The maximum absolute atomic E-state index is 14.0. The molecule has 8 nitrogen and oxygen atoms in total. The minimum Gasteiger partial charge on any atom is -0.397 e. The number of aromatic amines is 2. The van der Waals surface area contributed by atoms with Gasteiger partial charge in [-0.1, -0.05) is 0 Å². The Morgan fingerprint density at radius 1 is 0.909 bits per heavy atom. The first-order chi connectivity index (χ1) is 16.0. The number of halogens is 1. The first kappa shape index (κ1) is 19.1. The molecule has 160 valence electrons. The van der Waals surface area contributed by atoms with E-state index in [0.29, 0.717) is 39.6 Å². The van der Waals surface area contributed by atoms with Gasteiger partial charge in [0.15, 0.2) is 11.5 Å². The van der Waals surface area contributed by atoms with Crippen molar-refractivity contribution in [2.24, 2.45) is 0 Å². The van der Waals surface area contributed by atoms with Gasteiger partial charge >= 0.3 is 0 Å². The van der Waals surface area contributed by atoms with Crippen LogP contribution in [-0.4, -0.2) is 35.1 Å². The van der Waals surface area contributed by atoms with Crippen LogP contribution < -0.4 is 5.73 Å². The smallest absolute Gasteiger partial charge is 0.159 e. The van der Waals surface area contributed by atoms with Crippen molar-refractivity contribution < 1.29 is 4.39 Å². The molecule has 0 aliphatic rings. The van der Waals surface area contributed by atoms with Crippen molar-refractivity contribution in [2.75, 3.05) is 5.73 Å². The van der Waals surface area contributed by atoms with Crippen LogP contribution in [-0.2, 0) is 0 Å². The summed E-state index contributed by atoms with van der Waals surface area (Å²) in [5.41, 5.74) is 12.9. The normalized spacial score (nSPS) is 11.5. The topological polar surface area (TPSA) is 122 Å². The number of nitrogen functional groups attached to an aromatic ring is 1. The average molecular weight is 436 g/mol. The predicted molar refractivity (Wildman–Crippen MR) is 125 cm³/mol. The lowest BCUT2D eigenvalue weighted by atomic mass is 10.1. The summed E-state index contributed by atoms with van der Waals surface area (Å²) in [5.74, 6) is 0.246. The molecule has 1 aromatic carbocycles. The number of anilines is 1. The third-order valence-electron chi connectivity index (χ3n) is 5.45. The van der Waals surface area contributed by atoms with E-state index >= 15 is 0 Å². The van der Waals surface area contributed by atoms with Crippen molar-refractivity contribution in [2.45, 2.75) is 6.92 Å². The zero-order chi connectivity index (χ0) is 22.5. The number of nitrogens with one attached hydrogen (secondary N) is 2. The van der Waals surface area contributed by atoms with Crippen LogP contribution in [0.25, 0.3) is 56.0 Å². The molecule has 0 atom stereocenters. The number of nitrogens with two attached hydrogens (primary N) is 1. The molecule has 6 rings (SSSR count). The molecular formula is C24H17FN8. The van der Waals surface area contributed by atoms with Gasteiger partial charge in [0.2, 0.25) is 0 Å². The summed E-state index contributed by atoms with van der Waals surface area (Å²) >= 11 is 0. The minimum atomic E-state index is -0.313. The van der Waals surface area contributed by atoms with Gasteiger partial charge in [-0.2, -0.15) is 5.10 Å². The van der Waals surface area contributed by atoms with Crippen molar-refractivity contribution in [1.29, 1.82) is 0 Å². The molecule has 0 bridgehead atoms. The Kier molecular flexibility index (Phi) is 4.16. The fourth-order valence-corrected chi connectivity index (χ4v) is 3.99. The molecule has 5 heterocycles. The Hall–Kier alpha value is -4.66. The molecule has 0 fully saturated rings. The second kappa shape index (κ2) is 7.20. The number of rotatable bonds is 3. The maximum atomic E-state index is 14.0. The zero-order valence-corrected chi connectivity index (χ0v) is 17.5. The molecule has 33 heavy (non-hydrogen) atoms. The molecule has 0 amide bonds. The van der Waals surface area contributed by atoms with Crippen LogP contribution in [0.15, 0.2) is 61.2 Å². The summed E-state index contributed by atoms with van der Waals surface area (Å²) in [5, 5.41) is 8.19. The molecule has 6 aromatic rings. The van der Waals surface area contributed by atoms with Gasteiger partial charge in [-0.25, -0.2) is 14.4 Å². The summed E-state index contributed by atoms with van der Waals surface area (Å²) in [6.45, 7) is 1.85. The van der Waals surface area contributed by atoms with Crippen LogP contribution in [0, 0.1) is 12.7 Å². The van der Waals surface area contributed by atoms with Gasteiger partial charge in [0.05, 0.1) is 22.3 Å². The van der Waals surface area contributed by atoms with E-state index in [-0.39, 0.29) is 5.82 Å². The second-order valence-corrected chi connectivity index (χ2v) is 7.86. The number of aromatic nitrogens is 7. The second-order valence-electron chi connectivity index (χ2n) is 7.86. The first-order valence-corrected chi connectivity index (χ1v) is 10.2. The fraction of sp³-hybridized carbons (Fsp3) is 0.0417. The number of benzene rings is 1. The van der Waals surface area contributed by atoms with Crippen molar-refractivity contribution in [3.63, 3.8) is 0 Å². The van der Waals surface area contributed by atoms with Gasteiger partial charge in [0.25, 0.3) is 0 Å². The van der Waals surface area contributed by atoms with E-state index in [9.17, 15) is 4.39 Å². The molecule has 0 unspecified atom stereocenters. The molecule has 0 saturated heterocycles. The Bertz CT molecular complexity index is 1650. The molecular weight excluding hydrogens is 419 g/mol. The lowest BCUT2D eigenvalue weighted by Crippen LogP contribution is -1.89. The zero-order valence-electron chi connectivity index (χ0n) is 17.5. The maximum Gasteiger partial charge on any atom is 0.159 e. The van der Waals surface area contributed by atoms with Crippen LogP contribution in [0.2, 0.25) is 0 Å². The van der Waals surface area contributed by atoms with Gasteiger partial charge in [0, 0.05) is 41.5 Å². The van der Waals surface area contributed by atoms with E-state index < -0.39 is 0 Å². The lowest BCUT2D eigenvalue weighted by molar-refractivity contribution is 0.627. The standard InChI is InChI=1S/C24H17FN8/c1-12-4-13(6-16(25)5-12)20-22-19(2-3-28-20)30-24(31-22)21-18-8-15(10-29-23(18)33-32-21)14-7-17(26)11-27-9-14/h2-11H,26H2,1H3,(H,30,31)(H,29,32,33). The molecule has 0 spiro atoms. The Morgan fingerprint density at radius 2 is 1.79 bits per heavy atom. The van der Waals surface area contributed by atoms with Crippen LogP contribution in [0.3, 0.4) is 0 Å². The van der Waals surface area contributed by atoms with E-state index in [4.69, 9.17) is 10.7 Å². The third-order valence-corrected chi connectivity index (χ3v) is 5.45. The minimum absolute atomic E-state index is 0.313. The molecule has 4 N–H and O–H groups in total. The number of H-pyrrole nitrogens is 2. The average Bonchev–Trinajstić information content (AvgIpc) is 3.41. The third kappa shape index (κ3) is 3.26. The SMILES string of the molecule is Cc1cc(F)cc(-c2nccc3[nH]c(-c4n[nH]c5ncc(-c6cncc(N)c6)cc45)nc23)c1. The summed E-state index contributed by atoms with van der Waals surface area (Å²) in [7, 11) is 0. The van der Waals surface area contributed by atoms with Gasteiger partial charge in [0.1, 0.15) is 17.0 Å². The number of aryl methyl sites for hydroxylation is 1. The van der Waals surface area contributed by atoms with Crippen molar-refractivity contribution in [3.05, 3.63) is 72.6 Å². The van der Waals surface area contributed by atoms with Crippen molar-refractivity contribution in [3.8, 4) is 33.9 Å². The monoisotopic (exact) mass is 436 g/mol. The first-order valence-electron chi connectivity index (χ1n) is 10.2. The van der Waals surface area contributed by atoms with Gasteiger partial charge in [-0.3, -0.25) is 15.1 Å². The largest absolute Gasteiger partial charge is 0.397 e. The molecule has 0 aliphatic heterocycles. The number of hydrogen-bond donors (Lipinski definition) is 3. The molecule has 9 heteroatoms. The van der Waals surface area contributed by atoms with Crippen LogP contribution in [0.1, 0.15) is 5.56 Å². The summed E-state index contributed by atoms with van der Waals surface area (Å²) in [4.78, 5) is 21.2. The van der Waals surface area contributed by atoms with Gasteiger partial charge < -0.3 is 10.7 Å². The summed E-state index contributed by atoms with van der Waals surface area (Å²) in [6, 6.07) is 10.5. The van der Waals surface area contributed by atoms with E-state index in [2.05, 4.69) is 30.1 Å². The van der Waals surface area contributed by atoms with Gasteiger partial charge in [-0.05, 0) is 48.9 Å². The number of imidazole rings is 1. The number of nitrogens with zero attached hydrogens (tertiary/aromatic N) is 5. The van der Waals surface area contributed by atoms with E-state index in [0.717, 1.165) is 27.6 Å². The van der Waals surface area contributed by atoms with E-state index in [1.807, 2.05) is 31.2 Å². The van der Waals surface area contributed by atoms with Crippen LogP contribution in [0.5, 0.6) is 0 Å². The summed E-state index contributed by atoms with van der Waals surface area (Å²) in [6.07, 6.45) is 6.75. The Balaban J connectivity index is 1.51. The highest BCUT2D eigenvalue weighted by Gasteiger charge is 2.17. The highest BCUT2D eigenvalue weighted by atomic mass is 19.1. The molecule has 0 saturated carbocycles. The lowest BCUT2D eigenvalue weighted by Gasteiger charge is -2.03. The van der Waals surface area contributed by atoms with Gasteiger partial charge in [-0.15, -0.1) is 0 Å². The van der Waals surface area contributed by atoms with E-state index in [1.165, 1.54) is 12.1 Å². The number of fused-ring (bicyclic) bond motifs is 2. The highest BCUT2D eigenvalue weighted by Crippen LogP contribution is 2.32. The van der Waals surface area contributed by atoms with Crippen LogP contribution >= 0.6 is 0 Å². The summed E-state index contributed by atoms with van der Waals surface area (Å²) < 4.78 is 14.0. The van der Waals surface area contributed by atoms with Crippen molar-refractivity contribution >= 4 is 27.8 Å². The fourth-order valence-electron chi connectivity index (χ4n) is 3.99. The Labute approximate surface area is 186 Å². The molecule has 0 aliphatic carbocycles. The highest BCUT2D eigenvalue weighted by molar-refractivity contribution is 5.96. The predicted octanol–water partition coefficient (Wildman–Crippen LogP) is 4.65. The van der Waals surface area contributed by atoms with E-state index in [1.54, 1.807) is 24.8 Å². The van der Waals surface area contributed by atoms with Crippen LogP contribution in [0.4, 0.5) is 10.1 Å². The number of pyridine rings is 3. The molecule has 5 aromatic heterocycles. The quantitative estimate of drug-likeness (QED) is 0.371. The number of hydrogen-bond acceptors (Lipinski definition) is 6. The Morgan fingerprint density at radius 3 is 2.64 bits per heavy atom. The molecule has 0 radical (unpaired) electrons.